The zero-order valence-corrected chi connectivity index (χ0v) is 14.6. The lowest BCUT2D eigenvalue weighted by molar-refractivity contribution is -0.119. The van der Waals surface area contributed by atoms with Crippen molar-refractivity contribution < 1.29 is 14.3 Å². The Labute approximate surface area is 148 Å². The molecule has 0 aromatic heterocycles. The molecule has 0 spiro atoms. The first-order chi connectivity index (χ1) is 12.1. The maximum Gasteiger partial charge on any atom is 0.317 e. The van der Waals surface area contributed by atoms with Crippen LogP contribution >= 0.6 is 0 Å². The average Bonchev–Trinajstić information content (AvgIpc) is 3.06. The number of urea groups is 1. The molecule has 0 unspecified atom stereocenters. The molecule has 1 aromatic carbocycles. The smallest absolute Gasteiger partial charge is 0.317 e. The number of nitrogens with two attached hydrogens (primary N) is 1. The molecule has 1 saturated heterocycles. The predicted octanol–water partition coefficient (Wildman–Crippen LogP) is 1.85. The molecule has 0 saturated carbocycles. The molecule has 1 aliphatic carbocycles. The second-order valence-electron chi connectivity index (χ2n) is 6.97. The zero-order chi connectivity index (χ0) is 17.6. The normalized spacial score (nSPS) is 17.2. The first kappa shape index (κ1) is 17.6. The fraction of sp³-hybridized carbons (Fsp3) is 0.579. The van der Waals surface area contributed by atoms with Crippen LogP contribution in [0.1, 0.15) is 36.8 Å². The van der Waals surface area contributed by atoms with E-state index in [1.165, 1.54) is 24.0 Å². The Morgan fingerprint density at radius 3 is 2.72 bits per heavy atom. The molecule has 3 amide bonds. The molecule has 6 heteroatoms. The molecule has 6 nitrogen and oxygen atoms in total. The van der Waals surface area contributed by atoms with E-state index >= 15 is 0 Å². The van der Waals surface area contributed by atoms with Gasteiger partial charge in [0.1, 0.15) is 12.4 Å². The first-order valence-electron chi connectivity index (χ1n) is 9.17. The van der Waals surface area contributed by atoms with Crippen molar-refractivity contribution in [2.24, 2.45) is 11.7 Å². The summed E-state index contributed by atoms with van der Waals surface area (Å²) in [6, 6.07) is 6.21. The van der Waals surface area contributed by atoms with Crippen molar-refractivity contribution in [1.29, 1.82) is 0 Å². The van der Waals surface area contributed by atoms with Crippen molar-refractivity contribution >= 4 is 11.9 Å². The molecule has 3 N–H and O–H groups in total. The lowest BCUT2D eigenvalue weighted by atomic mass is 9.93. The third kappa shape index (κ3) is 4.87. The number of benzene rings is 1. The van der Waals surface area contributed by atoms with Gasteiger partial charge in [-0.3, -0.25) is 4.79 Å². The van der Waals surface area contributed by atoms with E-state index in [0.29, 0.717) is 38.6 Å². The number of piperidine rings is 1. The van der Waals surface area contributed by atoms with E-state index in [4.69, 9.17) is 10.5 Å². The summed E-state index contributed by atoms with van der Waals surface area (Å²) in [5.41, 5.74) is 8.05. The zero-order valence-electron chi connectivity index (χ0n) is 14.6. The van der Waals surface area contributed by atoms with Gasteiger partial charge in [-0.1, -0.05) is 6.07 Å². The molecule has 0 bridgehead atoms. The Balaban J connectivity index is 1.34. The summed E-state index contributed by atoms with van der Waals surface area (Å²) >= 11 is 0. The third-order valence-corrected chi connectivity index (χ3v) is 5.11. The summed E-state index contributed by atoms with van der Waals surface area (Å²) in [7, 11) is 0. The number of hydrogen-bond donors (Lipinski definition) is 2. The van der Waals surface area contributed by atoms with Gasteiger partial charge in [0.15, 0.2) is 0 Å². The quantitative estimate of drug-likeness (QED) is 0.772. The largest absolute Gasteiger partial charge is 0.492 e. The maximum absolute atomic E-state index is 12.2. The number of hydrogen-bond acceptors (Lipinski definition) is 3. The van der Waals surface area contributed by atoms with E-state index in [1.54, 1.807) is 4.90 Å². The van der Waals surface area contributed by atoms with E-state index < -0.39 is 0 Å². The number of likely N-dealkylation sites (tertiary alicyclic amines) is 1. The summed E-state index contributed by atoms with van der Waals surface area (Å²) in [6.45, 7) is 2.30. The number of primary amides is 1. The minimum absolute atomic E-state index is 0.0601. The highest BCUT2D eigenvalue weighted by atomic mass is 16.5. The molecular formula is C19H27N3O3. The van der Waals surface area contributed by atoms with Crippen LogP contribution in [0.3, 0.4) is 0 Å². The summed E-state index contributed by atoms with van der Waals surface area (Å²) in [6.07, 6.45) is 5.62. The molecule has 1 aromatic rings. The average molecular weight is 345 g/mol. The van der Waals surface area contributed by atoms with Crippen LogP contribution in [0, 0.1) is 5.92 Å². The number of aryl methyl sites for hydroxylation is 2. The van der Waals surface area contributed by atoms with Crippen LogP contribution in [0.25, 0.3) is 0 Å². The van der Waals surface area contributed by atoms with Crippen LogP contribution in [0.4, 0.5) is 4.79 Å². The summed E-state index contributed by atoms with van der Waals surface area (Å²) in [5.74, 6) is 0.929. The molecule has 0 radical (unpaired) electrons. The molecule has 1 fully saturated rings. The number of ether oxygens (including phenoxy) is 1. The molecule has 25 heavy (non-hydrogen) atoms. The minimum atomic E-state index is -0.258. The van der Waals surface area contributed by atoms with Crippen LogP contribution in [-0.4, -0.2) is 43.1 Å². The molecule has 136 valence electrons. The lowest BCUT2D eigenvalue weighted by Gasteiger charge is -2.31. The SMILES string of the molecule is NC(=O)CC1CCN(C(=O)NCCOc2ccc3c(c2)CCC3)CC1. The highest BCUT2D eigenvalue weighted by Gasteiger charge is 2.23. The van der Waals surface area contributed by atoms with Gasteiger partial charge in [0.25, 0.3) is 0 Å². The number of amides is 3. The van der Waals surface area contributed by atoms with E-state index in [0.717, 1.165) is 25.0 Å². The highest BCUT2D eigenvalue weighted by molar-refractivity contribution is 5.75. The van der Waals surface area contributed by atoms with Crippen LogP contribution in [0.5, 0.6) is 5.75 Å². The van der Waals surface area contributed by atoms with Gasteiger partial charge in [-0.05, 0) is 61.3 Å². The minimum Gasteiger partial charge on any atom is -0.492 e. The molecular weight excluding hydrogens is 318 g/mol. The van der Waals surface area contributed by atoms with Gasteiger partial charge >= 0.3 is 6.03 Å². The molecule has 3 rings (SSSR count). The van der Waals surface area contributed by atoms with Crippen LogP contribution in [0.2, 0.25) is 0 Å². The topological polar surface area (TPSA) is 84.7 Å². The van der Waals surface area contributed by atoms with E-state index in [1.807, 2.05) is 6.07 Å². The third-order valence-electron chi connectivity index (χ3n) is 5.11. The van der Waals surface area contributed by atoms with Gasteiger partial charge < -0.3 is 20.7 Å². The van der Waals surface area contributed by atoms with Crippen molar-refractivity contribution in [2.75, 3.05) is 26.2 Å². The number of carbonyl (C=O) groups excluding carboxylic acids is 2. The molecule has 1 aliphatic heterocycles. The Morgan fingerprint density at radius 1 is 1.20 bits per heavy atom. The summed E-state index contributed by atoms with van der Waals surface area (Å²) < 4.78 is 5.75. The summed E-state index contributed by atoms with van der Waals surface area (Å²) in [4.78, 5) is 24.9. The van der Waals surface area contributed by atoms with Crippen molar-refractivity contribution in [3.8, 4) is 5.75 Å². The van der Waals surface area contributed by atoms with Crippen molar-refractivity contribution in [3.05, 3.63) is 29.3 Å². The van der Waals surface area contributed by atoms with Crippen molar-refractivity contribution in [3.63, 3.8) is 0 Å². The number of nitrogens with one attached hydrogen (secondary N) is 1. The number of carbonyl (C=O) groups is 2. The Morgan fingerprint density at radius 2 is 1.96 bits per heavy atom. The Bertz CT molecular complexity index is 624. The second kappa shape index (κ2) is 8.23. The van der Waals surface area contributed by atoms with Gasteiger partial charge in [-0.2, -0.15) is 0 Å². The van der Waals surface area contributed by atoms with Gasteiger partial charge in [0.05, 0.1) is 6.54 Å². The Hall–Kier alpha value is -2.24. The van der Waals surface area contributed by atoms with Gasteiger partial charge in [0, 0.05) is 19.5 Å². The number of nitrogens with zero attached hydrogens (tertiary/aromatic N) is 1. The summed E-state index contributed by atoms with van der Waals surface area (Å²) in [5, 5.41) is 2.90. The monoisotopic (exact) mass is 345 g/mol. The van der Waals surface area contributed by atoms with Crippen molar-refractivity contribution in [1.82, 2.24) is 10.2 Å². The first-order valence-corrected chi connectivity index (χ1v) is 9.17. The van der Waals surface area contributed by atoms with Gasteiger partial charge in [-0.15, -0.1) is 0 Å². The Kier molecular flexibility index (Phi) is 5.79. The van der Waals surface area contributed by atoms with Crippen molar-refractivity contribution in [2.45, 2.75) is 38.5 Å². The fourth-order valence-corrected chi connectivity index (χ4v) is 3.70. The molecule has 1 heterocycles. The number of fused-ring (bicyclic) bond motifs is 1. The standard InChI is InChI=1S/C19H27N3O3/c20-18(23)12-14-6-9-22(10-7-14)19(24)21-8-11-25-17-5-4-15-2-1-3-16(15)13-17/h4-5,13-14H,1-3,6-12H2,(H2,20,23)(H,21,24). The van der Waals surface area contributed by atoms with Crippen LogP contribution in [0.15, 0.2) is 18.2 Å². The molecule has 2 aliphatic rings. The number of rotatable bonds is 6. The maximum atomic E-state index is 12.2. The van der Waals surface area contributed by atoms with E-state index in [9.17, 15) is 9.59 Å². The van der Waals surface area contributed by atoms with Gasteiger partial charge in [-0.25, -0.2) is 4.79 Å². The van der Waals surface area contributed by atoms with E-state index in [2.05, 4.69) is 17.4 Å². The fourth-order valence-electron chi connectivity index (χ4n) is 3.70. The van der Waals surface area contributed by atoms with E-state index in [-0.39, 0.29) is 11.9 Å². The van der Waals surface area contributed by atoms with Gasteiger partial charge in [0.2, 0.25) is 5.91 Å². The van der Waals surface area contributed by atoms with Crippen LogP contribution in [-0.2, 0) is 17.6 Å². The van der Waals surface area contributed by atoms with Crippen LogP contribution < -0.4 is 15.8 Å². The molecule has 0 atom stereocenters. The second-order valence-corrected chi connectivity index (χ2v) is 6.97. The predicted molar refractivity (Wildman–Crippen MR) is 95.5 cm³/mol. The lowest BCUT2D eigenvalue weighted by Crippen LogP contribution is -2.45. The highest BCUT2D eigenvalue weighted by Crippen LogP contribution is 2.26.